The summed E-state index contributed by atoms with van der Waals surface area (Å²) in [5.74, 6) is -0.428. The van der Waals surface area contributed by atoms with E-state index < -0.39 is 15.6 Å². The molecular weight excluding hydrogens is 326 g/mol. The largest absolute Gasteiger partial charge is 0.372 e. The van der Waals surface area contributed by atoms with Crippen molar-refractivity contribution in [2.24, 2.45) is 0 Å². The minimum Gasteiger partial charge on any atom is -0.372 e. The second-order valence-corrected chi connectivity index (χ2v) is 5.40. The monoisotopic (exact) mass is 341 g/mol. The van der Waals surface area contributed by atoms with Gasteiger partial charge in [-0.1, -0.05) is 24.3 Å². The third-order valence-corrected chi connectivity index (χ3v) is 3.45. The lowest BCUT2D eigenvalue weighted by Crippen LogP contribution is -2.11. The van der Waals surface area contributed by atoms with E-state index in [9.17, 15) is 25.0 Å². The van der Waals surface area contributed by atoms with Crippen molar-refractivity contribution >= 4 is 28.9 Å². The van der Waals surface area contributed by atoms with Crippen LogP contribution in [0.1, 0.15) is 15.9 Å². The Morgan fingerprint density at radius 3 is 2.36 bits per heavy atom. The molecule has 0 N–H and O–H groups in total. The van der Waals surface area contributed by atoms with E-state index in [-0.39, 0.29) is 16.9 Å². The first-order valence-corrected chi connectivity index (χ1v) is 7.22. The van der Waals surface area contributed by atoms with Gasteiger partial charge in [0.25, 0.3) is 11.4 Å². The van der Waals surface area contributed by atoms with Crippen molar-refractivity contribution in [2.45, 2.75) is 0 Å². The van der Waals surface area contributed by atoms with Crippen LogP contribution in [0.25, 0.3) is 6.08 Å². The molecule has 0 saturated heterocycles. The fraction of sp³-hybridized carbons (Fsp3) is 0.118. The predicted molar refractivity (Wildman–Crippen MR) is 93.9 cm³/mol. The molecule has 0 saturated carbocycles. The maximum Gasteiger partial charge on any atom is 0.293 e. The highest BCUT2D eigenvalue weighted by molar-refractivity contribution is 6.07. The fourth-order valence-electron chi connectivity index (χ4n) is 2.21. The Morgan fingerprint density at radius 1 is 1.04 bits per heavy atom. The number of anilines is 1. The molecule has 0 aliphatic heterocycles. The van der Waals surface area contributed by atoms with Crippen LogP contribution < -0.4 is 4.90 Å². The summed E-state index contributed by atoms with van der Waals surface area (Å²) in [5, 5.41) is 21.9. The van der Waals surface area contributed by atoms with Crippen molar-refractivity contribution in [3.8, 4) is 0 Å². The second-order valence-electron chi connectivity index (χ2n) is 5.40. The van der Waals surface area contributed by atoms with Crippen LogP contribution in [0.15, 0.2) is 48.5 Å². The van der Waals surface area contributed by atoms with Crippen molar-refractivity contribution in [3.05, 3.63) is 79.9 Å². The lowest BCUT2D eigenvalue weighted by molar-refractivity contribution is -0.384. The van der Waals surface area contributed by atoms with Crippen LogP contribution >= 0.6 is 0 Å². The Bertz CT molecular complexity index is 874. The summed E-state index contributed by atoms with van der Waals surface area (Å²) >= 11 is 0. The molecule has 0 radical (unpaired) electrons. The van der Waals surface area contributed by atoms with Gasteiger partial charge in [-0.15, -0.1) is 0 Å². The van der Waals surface area contributed by atoms with Gasteiger partial charge in [0, 0.05) is 37.9 Å². The lowest BCUT2D eigenvalue weighted by atomic mass is 10.1. The molecule has 8 heteroatoms. The van der Waals surface area contributed by atoms with Gasteiger partial charge in [-0.2, -0.15) is 0 Å². The SMILES string of the molecule is CN(C)c1ccc(/C=C/C(=O)c2cccc([N+](=O)[O-])c2)cc1[N+](=O)[O-]. The number of carbonyl (C=O) groups excluding carboxylic acids is 1. The van der Waals surface area contributed by atoms with Gasteiger partial charge in [0.1, 0.15) is 5.69 Å². The molecule has 2 aromatic rings. The standard InChI is InChI=1S/C17H15N3O5/c1-18(2)15-8-6-12(10-16(15)20(24)25)7-9-17(21)13-4-3-5-14(11-13)19(22)23/h3-11H,1-2H3/b9-7+. The van der Waals surface area contributed by atoms with Crippen LogP contribution in [0.5, 0.6) is 0 Å². The van der Waals surface area contributed by atoms with Crippen LogP contribution in [0.3, 0.4) is 0 Å². The Labute approximate surface area is 143 Å². The quantitative estimate of drug-likeness (QED) is 0.345. The van der Waals surface area contributed by atoms with Crippen molar-refractivity contribution in [2.75, 3.05) is 19.0 Å². The molecule has 25 heavy (non-hydrogen) atoms. The normalized spacial score (nSPS) is 10.6. The highest BCUT2D eigenvalue weighted by Gasteiger charge is 2.15. The van der Waals surface area contributed by atoms with Crippen LogP contribution in [0.4, 0.5) is 17.1 Å². The van der Waals surface area contributed by atoms with Crippen molar-refractivity contribution in [1.29, 1.82) is 0 Å². The molecule has 0 aliphatic rings. The average Bonchev–Trinajstić information content (AvgIpc) is 2.59. The Hall–Kier alpha value is -3.55. The Kier molecular flexibility index (Phi) is 5.23. The van der Waals surface area contributed by atoms with Crippen LogP contribution in [0.2, 0.25) is 0 Å². The number of nitrogens with zero attached hydrogens (tertiary/aromatic N) is 3. The number of hydrogen-bond acceptors (Lipinski definition) is 6. The van der Waals surface area contributed by atoms with Gasteiger partial charge in [-0.3, -0.25) is 25.0 Å². The zero-order valence-electron chi connectivity index (χ0n) is 13.6. The zero-order chi connectivity index (χ0) is 18.6. The molecule has 128 valence electrons. The molecule has 8 nitrogen and oxygen atoms in total. The molecule has 0 spiro atoms. The van der Waals surface area contributed by atoms with E-state index in [1.807, 2.05) is 0 Å². The van der Waals surface area contributed by atoms with Crippen LogP contribution in [-0.4, -0.2) is 29.7 Å². The summed E-state index contributed by atoms with van der Waals surface area (Å²) in [6.07, 6.45) is 2.67. The summed E-state index contributed by atoms with van der Waals surface area (Å²) in [7, 11) is 3.40. The van der Waals surface area contributed by atoms with Gasteiger partial charge in [0.05, 0.1) is 9.85 Å². The van der Waals surface area contributed by atoms with Gasteiger partial charge in [0.2, 0.25) is 0 Å². The number of ketones is 1. The van der Waals surface area contributed by atoms with E-state index in [0.29, 0.717) is 11.3 Å². The molecule has 0 fully saturated rings. The first-order chi connectivity index (χ1) is 11.8. The summed E-state index contributed by atoms with van der Waals surface area (Å²) in [6, 6.07) is 9.99. The first kappa shape index (κ1) is 17.8. The van der Waals surface area contributed by atoms with E-state index in [2.05, 4.69) is 0 Å². The molecule has 0 unspecified atom stereocenters. The van der Waals surface area contributed by atoms with E-state index in [4.69, 9.17) is 0 Å². The smallest absolute Gasteiger partial charge is 0.293 e. The third-order valence-electron chi connectivity index (χ3n) is 3.45. The minimum atomic E-state index is -0.580. The molecule has 0 aromatic heterocycles. The summed E-state index contributed by atoms with van der Waals surface area (Å²) in [4.78, 5) is 34.6. The fourth-order valence-corrected chi connectivity index (χ4v) is 2.21. The molecule has 0 heterocycles. The molecule has 0 amide bonds. The maximum atomic E-state index is 12.1. The number of benzene rings is 2. The number of hydrogen-bond donors (Lipinski definition) is 0. The summed E-state index contributed by atoms with van der Waals surface area (Å²) < 4.78 is 0. The van der Waals surface area contributed by atoms with Gasteiger partial charge < -0.3 is 4.90 Å². The van der Waals surface area contributed by atoms with Crippen LogP contribution in [-0.2, 0) is 0 Å². The number of carbonyl (C=O) groups is 1. The molecule has 2 aromatic carbocycles. The van der Waals surface area contributed by atoms with E-state index >= 15 is 0 Å². The molecule has 2 rings (SSSR count). The molecular formula is C17H15N3O5. The number of non-ortho nitro benzene ring substituents is 1. The van der Waals surface area contributed by atoms with E-state index in [1.165, 1.54) is 42.5 Å². The minimum absolute atomic E-state index is 0.0741. The van der Waals surface area contributed by atoms with Gasteiger partial charge in [-0.25, -0.2) is 0 Å². The first-order valence-electron chi connectivity index (χ1n) is 7.22. The lowest BCUT2D eigenvalue weighted by Gasteiger charge is -2.12. The molecule has 0 atom stereocenters. The summed E-state index contributed by atoms with van der Waals surface area (Å²) in [6.45, 7) is 0. The number of nitro groups is 2. The van der Waals surface area contributed by atoms with E-state index in [1.54, 1.807) is 31.1 Å². The predicted octanol–water partition coefficient (Wildman–Crippen LogP) is 3.47. The molecule has 0 aliphatic carbocycles. The number of rotatable bonds is 6. The van der Waals surface area contributed by atoms with Crippen molar-refractivity contribution in [1.82, 2.24) is 0 Å². The highest BCUT2D eigenvalue weighted by atomic mass is 16.6. The highest BCUT2D eigenvalue weighted by Crippen LogP contribution is 2.28. The average molecular weight is 341 g/mol. The zero-order valence-corrected chi connectivity index (χ0v) is 13.6. The van der Waals surface area contributed by atoms with Gasteiger partial charge >= 0.3 is 0 Å². The van der Waals surface area contributed by atoms with Crippen LogP contribution in [0, 0.1) is 20.2 Å². The Balaban J connectivity index is 2.28. The Morgan fingerprint density at radius 2 is 1.76 bits per heavy atom. The topological polar surface area (TPSA) is 107 Å². The van der Waals surface area contributed by atoms with Crippen molar-refractivity contribution < 1.29 is 14.6 Å². The van der Waals surface area contributed by atoms with Crippen molar-refractivity contribution in [3.63, 3.8) is 0 Å². The number of nitro benzene ring substituents is 2. The van der Waals surface area contributed by atoms with Gasteiger partial charge in [0.15, 0.2) is 5.78 Å². The second kappa shape index (κ2) is 7.35. The summed E-state index contributed by atoms with van der Waals surface area (Å²) in [5.41, 5.74) is 0.855. The maximum absolute atomic E-state index is 12.1. The number of allylic oxidation sites excluding steroid dienone is 1. The van der Waals surface area contributed by atoms with E-state index in [0.717, 1.165) is 0 Å². The third kappa shape index (κ3) is 4.25. The molecule has 0 bridgehead atoms. The van der Waals surface area contributed by atoms with Gasteiger partial charge in [-0.05, 0) is 17.7 Å².